The molecule has 0 aliphatic carbocycles. The number of hydrogen-bond acceptors (Lipinski definition) is 9. The largest absolute Gasteiger partial charge is 0.497 e. The van der Waals surface area contributed by atoms with E-state index in [1.807, 2.05) is 165 Å². The van der Waals surface area contributed by atoms with E-state index < -0.39 is 6.04 Å². The number of benzene rings is 5. The zero-order valence-electron chi connectivity index (χ0n) is 37.2. The number of ether oxygens (including phenoxy) is 1. The summed E-state index contributed by atoms with van der Waals surface area (Å²) >= 11 is 6.02. The number of aliphatic imine (C=N–C) groups is 2. The lowest BCUT2D eigenvalue weighted by atomic mass is 10.00. The Labute approximate surface area is 379 Å². The summed E-state index contributed by atoms with van der Waals surface area (Å²) in [5.74, 6) is 3.83. The molecule has 2 aromatic heterocycles. The summed E-state index contributed by atoms with van der Waals surface area (Å²) in [6.45, 7) is 12.9. The number of fused-ring (bicyclic) bond motifs is 6. The van der Waals surface area contributed by atoms with Crippen LogP contribution in [0.5, 0.6) is 5.75 Å². The van der Waals surface area contributed by atoms with Crippen LogP contribution in [0.3, 0.4) is 0 Å². The maximum absolute atomic E-state index is 12.9. The molecule has 0 saturated heterocycles. The molecule has 5 aromatic carbocycles. The summed E-state index contributed by atoms with van der Waals surface area (Å²) in [5, 5.41) is 23.5. The van der Waals surface area contributed by atoms with Crippen molar-refractivity contribution in [1.82, 2.24) is 40.2 Å². The van der Waals surface area contributed by atoms with Crippen molar-refractivity contribution in [3.63, 3.8) is 0 Å². The lowest BCUT2D eigenvalue weighted by Gasteiger charge is -2.14. The van der Waals surface area contributed by atoms with Gasteiger partial charge in [0.2, 0.25) is 11.8 Å². The van der Waals surface area contributed by atoms with E-state index in [-0.39, 0.29) is 18.2 Å². The minimum absolute atomic E-state index is 0.0394. The maximum atomic E-state index is 12.9. The summed E-state index contributed by atoms with van der Waals surface area (Å²) in [4.78, 5) is 32.7. The van der Waals surface area contributed by atoms with Crippen molar-refractivity contribution in [3.8, 4) is 17.1 Å². The summed E-state index contributed by atoms with van der Waals surface area (Å²) in [6, 6.07) is 41.3. The van der Waals surface area contributed by atoms with Gasteiger partial charge in [-0.05, 0) is 56.7 Å². The molecule has 2 amide bonds. The lowest BCUT2D eigenvalue weighted by Crippen LogP contribution is -2.25. The van der Waals surface area contributed by atoms with Crippen LogP contribution in [0.4, 0.5) is 0 Å². The van der Waals surface area contributed by atoms with Gasteiger partial charge in [-0.1, -0.05) is 116 Å². The average Bonchev–Trinajstić information content (AvgIpc) is 3.80. The number of aryl methyl sites for hydroxylation is 2. The van der Waals surface area contributed by atoms with Crippen molar-refractivity contribution in [3.05, 3.63) is 184 Å². The van der Waals surface area contributed by atoms with Crippen LogP contribution >= 0.6 is 11.6 Å². The molecule has 1 atom stereocenters. The Hall–Kier alpha value is -7.25. The Morgan fingerprint density at radius 3 is 2.02 bits per heavy atom. The summed E-state index contributed by atoms with van der Waals surface area (Å²) < 4.78 is 9.45. The molecule has 0 fully saturated rings. The van der Waals surface area contributed by atoms with E-state index >= 15 is 0 Å². The van der Waals surface area contributed by atoms with Gasteiger partial charge in [-0.15, -0.1) is 20.4 Å². The summed E-state index contributed by atoms with van der Waals surface area (Å²) in [7, 11) is 1.66. The first kappa shape index (κ1) is 46.3. The zero-order valence-corrected chi connectivity index (χ0v) is 38.0. The van der Waals surface area contributed by atoms with Crippen LogP contribution in [0.2, 0.25) is 5.02 Å². The quantitative estimate of drug-likeness (QED) is 0.155. The summed E-state index contributed by atoms with van der Waals surface area (Å²) in [6.07, 6.45) is 0.190. The van der Waals surface area contributed by atoms with E-state index in [4.69, 9.17) is 26.3 Å². The highest BCUT2D eigenvalue weighted by molar-refractivity contribution is 6.30. The van der Waals surface area contributed by atoms with Crippen molar-refractivity contribution in [1.29, 1.82) is 0 Å². The van der Waals surface area contributed by atoms with E-state index in [9.17, 15) is 9.59 Å². The molecule has 328 valence electrons. The maximum Gasteiger partial charge on any atom is 0.222 e. The molecule has 0 spiro atoms. The third-order valence-electron chi connectivity index (χ3n) is 10.1. The number of hydrogen-bond donors (Lipinski definition) is 2. The van der Waals surface area contributed by atoms with Crippen LogP contribution in [-0.4, -0.2) is 66.4 Å². The predicted octanol–water partition coefficient (Wildman–Crippen LogP) is 8.93. The van der Waals surface area contributed by atoms with Crippen LogP contribution in [0.1, 0.15) is 91.3 Å². The number of aromatic nitrogens is 6. The van der Waals surface area contributed by atoms with E-state index in [2.05, 4.69) is 37.1 Å². The molecular formula is C50H53ClN10O3. The number of amides is 2. The van der Waals surface area contributed by atoms with Crippen LogP contribution in [0.25, 0.3) is 11.4 Å². The van der Waals surface area contributed by atoms with Crippen molar-refractivity contribution >= 4 is 34.8 Å². The van der Waals surface area contributed by atoms with Gasteiger partial charge in [0.05, 0.1) is 36.3 Å². The predicted molar refractivity (Wildman–Crippen MR) is 253 cm³/mol. The van der Waals surface area contributed by atoms with Crippen molar-refractivity contribution in [2.75, 3.05) is 13.7 Å². The zero-order chi connectivity index (χ0) is 45.6. The second-order valence-electron chi connectivity index (χ2n) is 14.4. The first-order valence-corrected chi connectivity index (χ1v) is 21.6. The van der Waals surface area contributed by atoms with Gasteiger partial charge in [-0.25, -0.2) is 0 Å². The number of nitrogens with zero attached hydrogens (tertiary/aromatic N) is 8. The van der Waals surface area contributed by atoms with Gasteiger partial charge >= 0.3 is 0 Å². The standard InChI is InChI=1S/C26H23N5O.C18H15ClN4O.C4H9NO.C2H6/c1-18-29-30-26-22(16-24(32)27-17-19-10-4-2-5-11-19)28-25(20-12-6-3-7-13-20)21-14-8-9-15-23(21)31(18)26;1-11-21-22-17-10-20-18(12-3-5-13(19)6-4-12)15-8-7-14(24-2)9-16(15)23(11)17;1-3-5-4(2)6;1-2/h2-15,22H,16-17H2,1H3,(H,27,32);3-9H,10H2,1-2H3;3H2,1-2H3,(H,5,6);1-2H3. The molecule has 0 bridgehead atoms. The minimum Gasteiger partial charge on any atom is -0.497 e. The van der Waals surface area contributed by atoms with E-state index in [1.165, 1.54) is 6.92 Å². The Bertz CT molecular complexity index is 2730. The smallest absolute Gasteiger partial charge is 0.222 e. The molecule has 64 heavy (non-hydrogen) atoms. The van der Waals surface area contributed by atoms with Crippen LogP contribution in [0.15, 0.2) is 137 Å². The molecule has 13 nitrogen and oxygen atoms in total. The number of halogens is 1. The molecule has 0 radical (unpaired) electrons. The lowest BCUT2D eigenvalue weighted by molar-refractivity contribution is -0.121. The fraction of sp³-hybridized carbons (Fsp3) is 0.240. The second kappa shape index (κ2) is 22.2. The molecule has 4 heterocycles. The van der Waals surface area contributed by atoms with Crippen molar-refractivity contribution < 1.29 is 14.3 Å². The van der Waals surface area contributed by atoms with Gasteiger partial charge in [-0.2, -0.15) is 0 Å². The fourth-order valence-electron chi connectivity index (χ4n) is 7.24. The number of carbonyl (C=O) groups is 2. The molecule has 1 unspecified atom stereocenters. The molecule has 2 aliphatic heterocycles. The number of para-hydroxylation sites is 1. The van der Waals surface area contributed by atoms with Gasteiger partial charge in [0, 0.05) is 53.4 Å². The third kappa shape index (κ3) is 11.0. The van der Waals surface area contributed by atoms with Gasteiger partial charge in [-0.3, -0.25) is 28.7 Å². The Balaban J connectivity index is 0.000000188. The van der Waals surface area contributed by atoms with E-state index in [0.717, 1.165) is 80.4 Å². The summed E-state index contributed by atoms with van der Waals surface area (Å²) in [5.41, 5.74) is 8.80. The highest BCUT2D eigenvalue weighted by Crippen LogP contribution is 2.33. The molecule has 9 rings (SSSR count). The minimum atomic E-state index is -0.449. The van der Waals surface area contributed by atoms with Gasteiger partial charge in [0.15, 0.2) is 11.6 Å². The van der Waals surface area contributed by atoms with E-state index in [0.29, 0.717) is 23.9 Å². The number of rotatable bonds is 8. The average molecular weight is 877 g/mol. The number of nitrogens with one attached hydrogen (secondary N) is 2. The van der Waals surface area contributed by atoms with Crippen LogP contribution in [-0.2, 0) is 22.7 Å². The van der Waals surface area contributed by atoms with Gasteiger partial charge in [0.1, 0.15) is 30.0 Å². The number of carbonyl (C=O) groups excluding carboxylic acids is 2. The molecule has 0 saturated carbocycles. The van der Waals surface area contributed by atoms with Crippen LogP contribution in [0, 0.1) is 13.8 Å². The highest BCUT2D eigenvalue weighted by Gasteiger charge is 2.29. The molecular weight excluding hydrogens is 824 g/mol. The van der Waals surface area contributed by atoms with Gasteiger partial charge < -0.3 is 15.4 Å². The monoisotopic (exact) mass is 876 g/mol. The van der Waals surface area contributed by atoms with E-state index in [1.54, 1.807) is 7.11 Å². The first-order valence-electron chi connectivity index (χ1n) is 21.2. The normalized spacial score (nSPS) is 13.0. The second-order valence-corrected chi connectivity index (χ2v) is 14.9. The topological polar surface area (TPSA) is 154 Å². The molecule has 2 N–H and O–H groups in total. The third-order valence-corrected chi connectivity index (χ3v) is 10.4. The fourth-order valence-corrected chi connectivity index (χ4v) is 7.36. The van der Waals surface area contributed by atoms with Crippen molar-refractivity contribution in [2.24, 2.45) is 9.98 Å². The first-order chi connectivity index (χ1) is 31.1. The Morgan fingerprint density at radius 2 is 1.34 bits per heavy atom. The highest BCUT2D eigenvalue weighted by atomic mass is 35.5. The molecule has 7 aromatic rings. The molecule has 2 aliphatic rings. The Kier molecular flexibility index (Phi) is 16.1. The van der Waals surface area contributed by atoms with Gasteiger partial charge in [0.25, 0.3) is 0 Å². The Morgan fingerprint density at radius 1 is 0.719 bits per heavy atom. The molecule has 14 heteroatoms. The van der Waals surface area contributed by atoms with Crippen molar-refractivity contribution in [2.45, 2.75) is 67.1 Å². The SMILES string of the molecule is CC.CCNC(C)=O.COc1ccc2c(c1)-n1c(C)nnc1CN=C2c1ccc(Cl)cc1.Cc1nnc2n1-c1ccccc1C(c1ccccc1)=NC2CC(=O)NCc1ccccc1. The van der Waals surface area contributed by atoms with Crippen LogP contribution < -0.4 is 15.4 Å². The number of methoxy groups -OCH3 is 1.